The highest BCUT2D eigenvalue weighted by Gasteiger charge is 2.01. The van der Waals surface area contributed by atoms with Gasteiger partial charge in [0, 0.05) is 0 Å². The van der Waals surface area contributed by atoms with Crippen molar-refractivity contribution in [2.75, 3.05) is 7.11 Å². The van der Waals surface area contributed by atoms with Crippen LogP contribution >= 0.6 is 10.9 Å². The van der Waals surface area contributed by atoms with Crippen molar-refractivity contribution < 1.29 is 4.74 Å². The van der Waals surface area contributed by atoms with Crippen LogP contribution in [0.5, 0.6) is 5.75 Å². The van der Waals surface area contributed by atoms with Crippen molar-refractivity contribution in [3.05, 3.63) is 57.7 Å². The molecule has 0 saturated heterocycles. The van der Waals surface area contributed by atoms with Gasteiger partial charge in [0.25, 0.3) is 0 Å². The number of benzene rings is 1. The Morgan fingerprint density at radius 1 is 1.19 bits per heavy atom. The molecule has 1 heterocycles. The molecule has 0 bridgehead atoms. The molecule has 0 radical (unpaired) electrons. The predicted molar refractivity (Wildman–Crippen MR) is 74.0 cm³/mol. The monoisotopic (exact) mass is 232 g/mol. The zero-order valence-corrected chi connectivity index (χ0v) is 10.4. The van der Waals surface area contributed by atoms with Crippen LogP contribution in [-0.4, -0.2) is 7.11 Å². The maximum absolute atomic E-state index is 5.30. The third-order valence-electron chi connectivity index (χ3n) is 2.60. The molecule has 1 nitrogen and oxygen atoms in total. The van der Waals surface area contributed by atoms with Gasteiger partial charge in [0.05, 0.1) is 7.11 Å². The fourth-order valence-corrected chi connectivity index (χ4v) is 2.87. The number of ether oxygens (including phenoxy) is 1. The highest BCUT2D eigenvalue weighted by molar-refractivity contribution is 8.24. The fourth-order valence-electron chi connectivity index (χ4n) is 1.65. The molecule has 0 fully saturated rings. The smallest absolute Gasteiger partial charge is 0.122 e. The Balaban J connectivity index is 2.20. The lowest BCUT2D eigenvalue weighted by Gasteiger charge is -2.08. The summed E-state index contributed by atoms with van der Waals surface area (Å²) in [5.41, 5.74) is 2.43. The first-order valence-corrected chi connectivity index (χ1v) is 6.80. The van der Waals surface area contributed by atoms with Crippen molar-refractivity contribution in [1.29, 1.82) is 0 Å². The Labute approximate surface area is 99.5 Å². The zero-order chi connectivity index (χ0) is 11.4. The Hall–Kier alpha value is -1.41. The molecule has 0 spiro atoms. The largest absolute Gasteiger partial charge is 0.496 e. The van der Waals surface area contributed by atoms with Crippen molar-refractivity contribution in [3.8, 4) is 5.75 Å². The zero-order valence-electron chi connectivity index (χ0n) is 9.55. The molecule has 0 aliphatic carbocycles. The molecule has 1 aromatic rings. The molecule has 1 aliphatic heterocycles. The molecule has 0 amide bonds. The van der Waals surface area contributed by atoms with Crippen LogP contribution in [0, 0.1) is 6.92 Å². The second kappa shape index (κ2) is 5.08. The Bertz CT molecular complexity index is 446. The first kappa shape index (κ1) is 11.1. The third-order valence-corrected chi connectivity index (χ3v) is 4.13. The summed E-state index contributed by atoms with van der Waals surface area (Å²) in [7, 11) is 1.53. The van der Waals surface area contributed by atoms with Crippen molar-refractivity contribution in [1.82, 2.24) is 0 Å². The molecule has 0 atom stereocenters. The van der Waals surface area contributed by atoms with Crippen LogP contribution < -0.4 is 4.74 Å². The first-order chi connectivity index (χ1) is 7.81. The number of allylic oxidation sites excluding steroid dienone is 2. The summed E-state index contributed by atoms with van der Waals surface area (Å²) in [6.07, 6.45) is 6.40. The lowest BCUT2D eigenvalue weighted by Crippen LogP contribution is -1.88. The van der Waals surface area contributed by atoms with Crippen molar-refractivity contribution in [3.63, 3.8) is 0 Å². The van der Waals surface area contributed by atoms with Crippen LogP contribution in [0.4, 0.5) is 0 Å². The van der Waals surface area contributed by atoms with E-state index in [1.165, 1.54) is 11.1 Å². The topological polar surface area (TPSA) is 9.23 Å². The standard InChI is InChI=1S/C14H16OS/c1-12-13(6-5-7-14(12)15-2)8-11-16-9-3-4-10-16/h3-11,16H,1-2H3. The number of hydrogen-bond donors (Lipinski definition) is 1. The highest BCUT2D eigenvalue weighted by atomic mass is 32.2. The maximum Gasteiger partial charge on any atom is 0.122 e. The van der Waals surface area contributed by atoms with Gasteiger partial charge in [0.2, 0.25) is 0 Å². The second-order valence-corrected chi connectivity index (χ2v) is 5.41. The normalized spacial score (nSPS) is 16.2. The van der Waals surface area contributed by atoms with Gasteiger partial charge >= 0.3 is 0 Å². The summed E-state index contributed by atoms with van der Waals surface area (Å²) in [6, 6.07) is 6.14. The first-order valence-electron chi connectivity index (χ1n) is 5.25. The van der Waals surface area contributed by atoms with Gasteiger partial charge < -0.3 is 4.74 Å². The third kappa shape index (κ3) is 2.39. The number of methoxy groups -OCH3 is 1. The maximum atomic E-state index is 5.30. The van der Waals surface area contributed by atoms with Gasteiger partial charge in [0.15, 0.2) is 0 Å². The minimum absolute atomic E-state index is 0.178. The Kier molecular flexibility index (Phi) is 3.52. The molecule has 0 saturated carbocycles. The molecular weight excluding hydrogens is 216 g/mol. The van der Waals surface area contributed by atoms with Gasteiger partial charge in [-0.25, -0.2) is 0 Å². The average molecular weight is 232 g/mol. The van der Waals surface area contributed by atoms with Crippen molar-refractivity contribution in [2.24, 2.45) is 0 Å². The molecule has 1 aromatic carbocycles. The van der Waals surface area contributed by atoms with Crippen molar-refractivity contribution >= 4 is 17.0 Å². The molecular formula is C14H16OS. The van der Waals surface area contributed by atoms with Gasteiger partial charge in [-0.1, -0.05) is 24.3 Å². The van der Waals surface area contributed by atoms with E-state index < -0.39 is 0 Å². The Morgan fingerprint density at radius 3 is 2.62 bits per heavy atom. The molecule has 2 rings (SSSR count). The summed E-state index contributed by atoms with van der Waals surface area (Å²) in [5.74, 6) is 0.951. The lowest BCUT2D eigenvalue weighted by molar-refractivity contribution is 0.411. The Morgan fingerprint density at radius 2 is 1.94 bits per heavy atom. The van der Waals surface area contributed by atoms with Gasteiger partial charge in [0.1, 0.15) is 5.75 Å². The van der Waals surface area contributed by atoms with Gasteiger partial charge in [-0.3, -0.25) is 0 Å². The van der Waals surface area contributed by atoms with Crippen LogP contribution in [0.2, 0.25) is 0 Å². The van der Waals surface area contributed by atoms with Crippen LogP contribution in [0.25, 0.3) is 6.08 Å². The molecule has 0 aromatic heterocycles. The predicted octanol–water partition coefficient (Wildman–Crippen LogP) is 4.02. The molecule has 1 aliphatic rings. The molecule has 0 N–H and O–H groups in total. The fraction of sp³-hybridized carbons (Fsp3) is 0.143. The second-order valence-electron chi connectivity index (χ2n) is 3.62. The van der Waals surface area contributed by atoms with Crippen LogP contribution in [0.1, 0.15) is 11.1 Å². The lowest BCUT2D eigenvalue weighted by atomic mass is 10.1. The average Bonchev–Trinajstić information content (AvgIpc) is 2.81. The van der Waals surface area contributed by atoms with E-state index in [4.69, 9.17) is 4.74 Å². The van der Waals surface area contributed by atoms with E-state index in [0.29, 0.717) is 0 Å². The van der Waals surface area contributed by atoms with E-state index in [0.717, 1.165) is 5.75 Å². The quantitative estimate of drug-likeness (QED) is 0.774. The van der Waals surface area contributed by atoms with E-state index in [1.807, 2.05) is 12.1 Å². The number of thiol groups is 1. The van der Waals surface area contributed by atoms with Crippen LogP contribution in [0.15, 0.2) is 46.6 Å². The minimum Gasteiger partial charge on any atom is -0.496 e. The minimum atomic E-state index is -0.178. The molecule has 84 valence electrons. The van der Waals surface area contributed by atoms with Crippen LogP contribution in [-0.2, 0) is 0 Å². The summed E-state index contributed by atoms with van der Waals surface area (Å²) < 4.78 is 5.30. The van der Waals surface area contributed by atoms with Crippen LogP contribution in [0.3, 0.4) is 0 Å². The van der Waals surface area contributed by atoms with Crippen molar-refractivity contribution in [2.45, 2.75) is 6.92 Å². The van der Waals surface area contributed by atoms with E-state index in [1.54, 1.807) is 7.11 Å². The van der Waals surface area contributed by atoms with E-state index in [2.05, 4.69) is 47.4 Å². The van der Waals surface area contributed by atoms with E-state index >= 15 is 0 Å². The summed E-state index contributed by atoms with van der Waals surface area (Å²) in [5, 5.41) is 6.74. The van der Waals surface area contributed by atoms with Gasteiger partial charge in [-0.2, -0.15) is 10.9 Å². The molecule has 2 heteroatoms. The summed E-state index contributed by atoms with van der Waals surface area (Å²) >= 11 is 0. The van der Waals surface area contributed by atoms with Gasteiger partial charge in [-0.15, -0.1) is 0 Å². The summed E-state index contributed by atoms with van der Waals surface area (Å²) in [6.45, 7) is 2.09. The summed E-state index contributed by atoms with van der Waals surface area (Å²) in [4.78, 5) is 0. The molecule has 0 unspecified atom stereocenters. The number of hydrogen-bond acceptors (Lipinski definition) is 1. The highest BCUT2D eigenvalue weighted by Crippen LogP contribution is 2.35. The van der Waals surface area contributed by atoms with E-state index in [9.17, 15) is 0 Å². The van der Waals surface area contributed by atoms with Gasteiger partial charge in [-0.05, 0) is 46.4 Å². The van der Waals surface area contributed by atoms with E-state index in [-0.39, 0.29) is 10.9 Å². The number of rotatable bonds is 3. The molecule has 16 heavy (non-hydrogen) atoms. The SMILES string of the molecule is COc1cccc(C=C[SH]2C=CC=C2)c1C.